The van der Waals surface area contributed by atoms with E-state index in [1.54, 1.807) is 19.3 Å². The van der Waals surface area contributed by atoms with Crippen LogP contribution in [-0.2, 0) is 16.1 Å². The van der Waals surface area contributed by atoms with Gasteiger partial charge in [0.2, 0.25) is 0 Å². The van der Waals surface area contributed by atoms with Crippen LogP contribution in [0.3, 0.4) is 0 Å². The Balaban J connectivity index is 2.48. The van der Waals surface area contributed by atoms with E-state index in [9.17, 15) is 4.79 Å². The van der Waals surface area contributed by atoms with E-state index in [0.717, 1.165) is 11.4 Å². The Bertz CT molecular complexity index is 325. The van der Waals surface area contributed by atoms with Gasteiger partial charge in [-0.3, -0.25) is 14.8 Å². The van der Waals surface area contributed by atoms with Crippen molar-refractivity contribution >= 4 is 5.97 Å². The number of ether oxygens (including phenoxy) is 1. The number of nitrogens with zero attached hydrogens (tertiary/aromatic N) is 2. The first-order chi connectivity index (χ1) is 5.79. The third-order valence-electron chi connectivity index (χ3n) is 1.92. The predicted octanol–water partition coefficient (Wildman–Crippen LogP) is 0.637. The van der Waals surface area contributed by atoms with Gasteiger partial charge in [-0.25, -0.2) is 0 Å². The molecule has 0 bridgehead atoms. The predicted molar refractivity (Wildman–Crippen MR) is 40.2 cm³/mol. The maximum Gasteiger partial charge on any atom is 0.315 e. The number of carbonyl (C=O) groups excluding carboxylic acids is 1. The summed E-state index contributed by atoms with van der Waals surface area (Å²) in [6.45, 7) is 2.03. The Morgan fingerprint density at radius 3 is 3.08 bits per heavy atom. The molecule has 1 aromatic heterocycles. The molecule has 2 heterocycles. The molecule has 0 spiro atoms. The number of fused-ring (bicyclic) bond motifs is 1. The van der Waals surface area contributed by atoms with Crippen molar-refractivity contribution in [3.8, 4) is 0 Å². The van der Waals surface area contributed by atoms with Gasteiger partial charge in [0.05, 0.1) is 11.6 Å². The first kappa shape index (κ1) is 7.21. The first-order valence-corrected chi connectivity index (χ1v) is 3.75. The molecule has 1 atom stereocenters. The Morgan fingerprint density at radius 1 is 1.50 bits per heavy atom. The lowest BCUT2D eigenvalue weighted by atomic mass is 10.0. The maximum absolute atomic E-state index is 11.1. The lowest BCUT2D eigenvalue weighted by Crippen LogP contribution is -2.22. The highest BCUT2D eigenvalue weighted by molar-refractivity contribution is 5.78. The normalized spacial score (nSPS) is 21.4. The highest BCUT2D eigenvalue weighted by atomic mass is 16.5. The smallest absolute Gasteiger partial charge is 0.315 e. The molecule has 0 radical (unpaired) electrons. The zero-order valence-corrected chi connectivity index (χ0v) is 6.65. The van der Waals surface area contributed by atoms with E-state index in [1.807, 2.05) is 0 Å². The van der Waals surface area contributed by atoms with Gasteiger partial charge < -0.3 is 4.74 Å². The molecule has 4 nitrogen and oxygen atoms in total. The number of carbonyl (C=O) groups is 1. The van der Waals surface area contributed by atoms with E-state index in [4.69, 9.17) is 4.74 Å². The Labute approximate surface area is 69.6 Å². The topological polar surface area (TPSA) is 52.1 Å². The average molecular weight is 164 g/mol. The van der Waals surface area contributed by atoms with Crippen LogP contribution in [0.2, 0.25) is 0 Å². The molecular weight excluding hydrogens is 156 g/mol. The molecule has 1 aromatic rings. The minimum absolute atomic E-state index is 0.219. The zero-order chi connectivity index (χ0) is 8.55. The lowest BCUT2D eigenvalue weighted by Gasteiger charge is -2.18. The molecule has 0 aliphatic carbocycles. The van der Waals surface area contributed by atoms with Crippen LogP contribution < -0.4 is 0 Å². The van der Waals surface area contributed by atoms with Gasteiger partial charge in [-0.1, -0.05) is 0 Å². The SMILES string of the molecule is CC1C(=O)OCc2nccnc21. The standard InChI is InChI=1S/C8H8N2O2/c1-5-7-6(4-12-8(5)11)9-2-3-10-7/h2-3,5H,4H2,1H3. The maximum atomic E-state index is 11.1. The van der Waals surface area contributed by atoms with Crippen LogP contribution in [0.15, 0.2) is 12.4 Å². The molecule has 0 amide bonds. The molecule has 0 aromatic carbocycles. The number of hydrogen-bond donors (Lipinski definition) is 0. The number of hydrogen-bond acceptors (Lipinski definition) is 4. The van der Waals surface area contributed by atoms with Crippen molar-refractivity contribution in [2.24, 2.45) is 0 Å². The molecule has 2 rings (SSSR count). The summed E-state index contributed by atoms with van der Waals surface area (Å²) in [6, 6.07) is 0. The first-order valence-electron chi connectivity index (χ1n) is 3.75. The summed E-state index contributed by atoms with van der Waals surface area (Å²) in [5.74, 6) is -0.495. The Kier molecular flexibility index (Phi) is 1.53. The molecule has 4 heteroatoms. The van der Waals surface area contributed by atoms with Crippen molar-refractivity contribution in [3.05, 3.63) is 23.8 Å². The van der Waals surface area contributed by atoms with Crippen LogP contribution in [0.5, 0.6) is 0 Å². The fourth-order valence-electron chi connectivity index (χ4n) is 1.23. The average Bonchev–Trinajstić information content (AvgIpc) is 2.12. The van der Waals surface area contributed by atoms with Crippen LogP contribution >= 0.6 is 0 Å². The van der Waals surface area contributed by atoms with Gasteiger partial charge in [0.15, 0.2) is 0 Å². The molecule has 1 unspecified atom stereocenters. The monoisotopic (exact) mass is 164 g/mol. The molecule has 1 aliphatic rings. The zero-order valence-electron chi connectivity index (χ0n) is 6.65. The summed E-state index contributed by atoms with van der Waals surface area (Å²) in [4.78, 5) is 19.2. The highest BCUT2D eigenvalue weighted by Crippen LogP contribution is 2.22. The van der Waals surface area contributed by atoms with E-state index in [2.05, 4.69) is 9.97 Å². The van der Waals surface area contributed by atoms with E-state index in [-0.39, 0.29) is 18.5 Å². The summed E-state index contributed by atoms with van der Waals surface area (Å²) < 4.78 is 4.88. The minimum Gasteiger partial charge on any atom is -0.459 e. The molecule has 1 aliphatic heterocycles. The van der Waals surface area contributed by atoms with Gasteiger partial charge in [0, 0.05) is 12.4 Å². The van der Waals surface area contributed by atoms with Gasteiger partial charge in [-0.05, 0) is 6.92 Å². The van der Waals surface area contributed by atoms with Crippen molar-refractivity contribution < 1.29 is 9.53 Å². The fourth-order valence-corrected chi connectivity index (χ4v) is 1.23. The molecule has 12 heavy (non-hydrogen) atoms. The molecule has 0 N–H and O–H groups in total. The fraction of sp³-hybridized carbons (Fsp3) is 0.375. The number of rotatable bonds is 0. The third kappa shape index (κ3) is 0.958. The van der Waals surface area contributed by atoms with E-state index >= 15 is 0 Å². The molecular formula is C8H8N2O2. The summed E-state index contributed by atoms with van der Waals surface area (Å²) in [5.41, 5.74) is 1.51. The quantitative estimate of drug-likeness (QED) is 0.528. The van der Waals surface area contributed by atoms with Gasteiger partial charge in [0.25, 0.3) is 0 Å². The lowest BCUT2D eigenvalue weighted by molar-refractivity contribution is -0.148. The molecule has 62 valence electrons. The third-order valence-corrected chi connectivity index (χ3v) is 1.92. The van der Waals surface area contributed by atoms with Crippen LogP contribution in [0.1, 0.15) is 24.2 Å². The van der Waals surface area contributed by atoms with Crippen molar-refractivity contribution in [2.75, 3.05) is 0 Å². The van der Waals surface area contributed by atoms with E-state index in [1.165, 1.54) is 0 Å². The summed E-state index contributed by atoms with van der Waals surface area (Å²) >= 11 is 0. The van der Waals surface area contributed by atoms with Crippen LogP contribution in [0.4, 0.5) is 0 Å². The van der Waals surface area contributed by atoms with Crippen LogP contribution in [-0.4, -0.2) is 15.9 Å². The molecule has 0 fully saturated rings. The summed E-state index contributed by atoms with van der Waals surface area (Å²) in [5, 5.41) is 0. The second-order valence-electron chi connectivity index (χ2n) is 2.72. The van der Waals surface area contributed by atoms with Gasteiger partial charge >= 0.3 is 5.97 Å². The van der Waals surface area contributed by atoms with Crippen molar-refractivity contribution in [2.45, 2.75) is 19.4 Å². The second-order valence-corrected chi connectivity index (χ2v) is 2.72. The number of aromatic nitrogens is 2. The summed E-state index contributed by atoms with van der Waals surface area (Å²) in [7, 11) is 0. The van der Waals surface area contributed by atoms with Gasteiger partial charge in [-0.15, -0.1) is 0 Å². The van der Waals surface area contributed by atoms with Crippen molar-refractivity contribution in [1.82, 2.24) is 9.97 Å². The molecule has 0 saturated heterocycles. The van der Waals surface area contributed by atoms with Crippen molar-refractivity contribution in [3.63, 3.8) is 0 Å². The Morgan fingerprint density at radius 2 is 2.25 bits per heavy atom. The summed E-state index contributed by atoms with van der Waals surface area (Å²) in [6.07, 6.45) is 3.19. The van der Waals surface area contributed by atoms with E-state index in [0.29, 0.717) is 0 Å². The van der Waals surface area contributed by atoms with Gasteiger partial charge in [0.1, 0.15) is 12.3 Å². The Hall–Kier alpha value is -1.45. The highest BCUT2D eigenvalue weighted by Gasteiger charge is 2.26. The van der Waals surface area contributed by atoms with Gasteiger partial charge in [-0.2, -0.15) is 0 Å². The van der Waals surface area contributed by atoms with E-state index < -0.39 is 0 Å². The van der Waals surface area contributed by atoms with Crippen LogP contribution in [0.25, 0.3) is 0 Å². The number of esters is 1. The largest absolute Gasteiger partial charge is 0.459 e. The number of cyclic esters (lactones) is 1. The molecule has 0 saturated carbocycles. The second kappa shape index (κ2) is 2.55. The van der Waals surface area contributed by atoms with Crippen molar-refractivity contribution in [1.29, 1.82) is 0 Å². The van der Waals surface area contributed by atoms with Crippen LogP contribution in [0, 0.1) is 0 Å². The minimum atomic E-state index is -0.276.